The lowest BCUT2D eigenvalue weighted by Gasteiger charge is -2.31. The molecule has 4 heterocycles. The van der Waals surface area contributed by atoms with Crippen LogP contribution >= 0.6 is 0 Å². The van der Waals surface area contributed by atoms with E-state index in [9.17, 15) is 9.18 Å². The molecule has 0 atom stereocenters. The second kappa shape index (κ2) is 9.21. The number of H-pyrrole nitrogens is 1. The molecule has 7 nitrogen and oxygen atoms in total. The summed E-state index contributed by atoms with van der Waals surface area (Å²) < 4.78 is 13.4. The smallest absolute Gasteiger partial charge is 0.161 e. The highest BCUT2D eigenvalue weighted by Crippen LogP contribution is 2.36. The van der Waals surface area contributed by atoms with Gasteiger partial charge in [0.05, 0.1) is 16.8 Å². The number of nitrogens with one attached hydrogen (secondary N) is 2. The molecule has 4 aromatic rings. The van der Waals surface area contributed by atoms with Crippen molar-refractivity contribution in [3.63, 3.8) is 0 Å². The highest BCUT2D eigenvalue weighted by Gasteiger charge is 2.23. The number of benzene rings is 1. The number of fused-ring (bicyclic) bond motifs is 1. The van der Waals surface area contributed by atoms with Crippen molar-refractivity contribution in [2.45, 2.75) is 32.6 Å². The number of piperidine rings is 1. The van der Waals surface area contributed by atoms with Crippen LogP contribution < -0.4 is 10.2 Å². The van der Waals surface area contributed by atoms with E-state index < -0.39 is 0 Å². The highest BCUT2D eigenvalue weighted by molar-refractivity contribution is 6.01. The molecule has 34 heavy (non-hydrogen) atoms. The van der Waals surface area contributed by atoms with Crippen LogP contribution in [0.5, 0.6) is 0 Å². The molecule has 0 radical (unpaired) electrons. The van der Waals surface area contributed by atoms with E-state index in [1.165, 1.54) is 12.1 Å². The molecular weight excluding hydrogens is 431 g/mol. The summed E-state index contributed by atoms with van der Waals surface area (Å²) in [5.74, 6) is 1.29. The van der Waals surface area contributed by atoms with Crippen LogP contribution in [-0.4, -0.2) is 39.3 Å². The molecule has 1 aliphatic heterocycles. The summed E-state index contributed by atoms with van der Waals surface area (Å²) >= 11 is 0. The molecular formula is C26H27FN6O. The monoisotopic (exact) mass is 458 g/mol. The van der Waals surface area contributed by atoms with E-state index in [-0.39, 0.29) is 17.7 Å². The van der Waals surface area contributed by atoms with Crippen molar-refractivity contribution in [3.05, 3.63) is 60.3 Å². The van der Waals surface area contributed by atoms with Gasteiger partial charge in [0.1, 0.15) is 23.6 Å². The summed E-state index contributed by atoms with van der Waals surface area (Å²) in [5, 5.41) is 4.53. The summed E-state index contributed by atoms with van der Waals surface area (Å²) in [7, 11) is 0. The number of hydrogen-bond acceptors (Lipinski definition) is 6. The largest absolute Gasteiger partial charge is 0.370 e. The Hall–Kier alpha value is -3.81. The first-order valence-electron chi connectivity index (χ1n) is 11.6. The SMILES string of the molecule is CC(C)c1cnc(-c2ccc(F)cc2)nc1Nc1ccnc2[nH]cc(N3CCC(C=O)CC3)c12. The van der Waals surface area contributed by atoms with E-state index in [0.717, 1.165) is 65.8 Å². The molecule has 1 fully saturated rings. The first kappa shape index (κ1) is 22.0. The second-order valence-corrected chi connectivity index (χ2v) is 9.00. The summed E-state index contributed by atoms with van der Waals surface area (Å²) in [6, 6.07) is 8.13. The lowest BCUT2D eigenvalue weighted by Crippen LogP contribution is -2.33. The molecule has 174 valence electrons. The average Bonchev–Trinajstić information content (AvgIpc) is 3.30. The van der Waals surface area contributed by atoms with Crippen molar-refractivity contribution in [1.82, 2.24) is 19.9 Å². The van der Waals surface area contributed by atoms with Gasteiger partial charge in [0.15, 0.2) is 5.82 Å². The Labute approximate surface area is 197 Å². The van der Waals surface area contributed by atoms with Gasteiger partial charge in [-0.3, -0.25) is 0 Å². The third-order valence-electron chi connectivity index (χ3n) is 6.42. The maximum Gasteiger partial charge on any atom is 0.161 e. The molecule has 0 saturated carbocycles. The summed E-state index contributed by atoms with van der Waals surface area (Å²) in [6.07, 6.45) is 8.35. The molecule has 3 aromatic heterocycles. The average molecular weight is 459 g/mol. The zero-order chi connectivity index (χ0) is 23.7. The minimum atomic E-state index is -0.294. The summed E-state index contributed by atoms with van der Waals surface area (Å²) in [6.45, 7) is 5.85. The summed E-state index contributed by atoms with van der Waals surface area (Å²) in [4.78, 5) is 30.6. The molecule has 0 unspecified atom stereocenters. The number of carbonyl (C=O) groups excluding carboxylic acids is 1. The Morgan fingerprint density at radius 1 is 1.15 bits per heavy atom. The number of aldehydes is 1. The molecule has 1 aliphatic rings. The maximum atomic E-state index is 13.4. The van der Waals surface area contributed by atoms with Crippen LogP contribution in [0.2, 0.25) is 0 Å². The molecule has 1 aromatic carbocycles. The molecule has 1 saturated heterocycles. The van der Waals surface area contributed by atoms with Crippen LogP contribution in [0.25, 0.3) is 22.4 Å². The number of hydrogen-bond donors (Lipinski definition) is 2. The Morgan fingerprint density at radius 3 is 2.62 bits per heavy atom. The number of aromatic nitrogens is 4. The van der Waals surface area contributed by atoms with Gasteiger partial charge >= 0.3 is 0 Å². The Bertz CT molecular complexity index is 1310. The molecule has 0 bridgehead atoms. The van der Waals surface area contributed by atoms with E-state index in [1.807, 2.05) is 18.5 Å². The third-order valence-corrected chi connectivity index (χ3v) is 6.42. The molecule has 0 spiro atoms. The van der Waals surface area contributed by atoms with Gasteiger partial charge < -0.3 is 20.0 Å². The lowest BCUT2D eigenvalue weighted by atomic mass is 9.98. The fourth-order valence-corrected chi connectivity index (χ4v) is 4.45. The van der Waals surface area contributed by atoms with Crippen molar-refractivity contribution in [1.29, 1.82) is 0 Å². The molecule has 5 rings (SSSR count). The van der Waals surface area contributed by atoms with Crippen molar-refractivity contribution in [2.24, 2.45) is 5.92 Å². The number of rotatable bonds is 6. The Balaban J connectivity index is 1.54. The maximum absolute atomic E-state index is 13.4. The lowest BCUT2D eigenvalue weighted by molar-refractivity contribution is -0.111. The van der Waals surface area contributed by atoms with Gasteiger partial charge in [-0.2, -0.15) is 0 Å². The van der Waals surface area contributed by atoms with Crippen molar-refractivity contribution < 1.29 is 9.18 Å². The molecule has 8 heteroatoms. The van der Waals surface area contributed by atoms with Crippen LogP contribution in [0.4, 0.5) is 21.6 Å². The minimum absolute atomic E-state index is 0.136. The normalized spacial score (nSPS) is 14.6. The topological polar surface area (TPSA) is 86.8 Å². The summed E-state index contributed by atoms with van der Waals surface area (Å²) in [5.41, 5.74) is 4.48. The van der Waals surface area contributed by atoms with E-state index in [2.05, 4.69) is 39.0 Å². The van der Waals surface area contributed by atoms with E-state index in [1.54, 1.807) is 18.3 Å². The van der Waals surface area contributed by atoms with Gasteiger partial charge in [0, 0.05) is 48.7 Å². The van der Waals surface area contributed by atoms with E-state index >= 15 is 0 Å². The minimum Gasteiger partial charge on any atom is -0.370 e. The van der Waals surface area contributed by atoms with E-state index in [0.29, 0.717) is 11.6 Å². The molecule has 0 aliphatic carbocycles. The highest BCUT2D eigenvalue weighted by atomic mass is 19.1. The Kier molecular flexibility index (Phi) is 5.96. The number of anilines is 3. The predicted octanol–water partition coefficient (Wildman–Crippen LogP) is 5.44. The van der Waals surface area contributed by atoms with Gasteiger partial charge in [-0.25, -0.2) is 19.3 Å². The zero-order valence-corrected chi connectivity index (χ0v) is 19.3. The van der Waals surface area contributed by atoms with Crippen LogP contribution in [0.3, 0.4) is 0 Å². The quantitative estimate of drug-likeness (QED) is 0.374. The van der Waals surface area contributed by atoms with Gasteiger partial charge in [-0.15, -0.1) is 0 Å². The fraction of sp³-hybridized carbons (Fsp3) is 0.308. The fourth-order valence-electron chi connectivity index (χ4n) is 4.45. The standard InChI is InChI=1S/C26H27FN6O/c1-16(2)20-13-29-24(18-3-5-19(27)6-4-18)32-25(20)31-21-7-10-28-26-23(21)22(14-30-26)33-11-8-17(15-34)9-12-33/h3-7,10,13-17H,8-9,11-12H2,1-2H3,(H2,28,29,30,31,32). The van der Waals surface area contributed by atoms with Crippen molar-refractivity contribution in [2.75, 3.05) is 23.3 Å². The van der Waals surface area contributed by atoms with Gasteiger partial charge in [0.2, 0.25) is 0 Å². The van der Waals surface area contributed by atoms with E-state index in [4.69, 9.17) is 4.98 Å². The first-order valence-corrected chi connectivity index (χ1v) is 11.6. The zero-order valence-electron chi connectivity index (χ0n) is 19.3. The number of halogens is 1. The van der Waals surface area contributed by atoms with Crippen molar-refractivity contribution >= 4 is 34.5 Å². The molecule has 0 amide bonds. The van der Waals surface area contributed by atoms with Crippen molar-refractivity contribution in [3.8, 4) is 11.4 Å². The van der Waals surface area contributed by atoms with Gasteiger partial charge in [0.25, 0.3) is 0 Å². The number of aromatic amines is 1. The van der Waals surface area contributed by atoms with Crippen LogP contribution in [0, 0.1) is 11.7 Å². The van der Waals surface area contributed by atoms with Gasteiger partial charge in [-0.05, 0) is 49.1 Å². The van der Waals surface area contributed by atoms with Crippen LogP contribution in [0.15, 0.2) is 48.9 Å². The number of pyridine rings is 1. The number of carbonyl (C=O) groups is 1. The second-order valence-electron chi connectivity index (χ2n) is 9.00. The third kappa shape index (κ3) is 4.23. The van der Waals surface area contributed by atoms with Crippen LogP contribution in [0.1, 0.15) is 38.2 Å². The van der Waals surface area contributed by atoms with Gasteiger partial charge in [-0.1, -0.05) is 13.8 Å². The van der Waals surface area contributed by atoms with Crippen LogP contribution in [-0.2, 0) is 4.79 Å². The predicted molar refractivity (Wildman–Crippen MR) is 132 cm³/mol. The Morgan fingerprint density at radius 2 is 1.91 bits per heavy atom. The molecule has 2 N–H and O–H groups in total. The number of nitrogens with zero attached hydrogens (tertiary/aromatic N) is 4. The first-order chi connectivity index (χ1) is 16.5.